The molecular weight excluding hydrogens is 356 g/mol. The van der Waals surface area contributed by atoms with Gasteiger partial charge in [-0.05, 0) is 29.5 Å². The first kappa shape index (κ1) is 19.8. The molecule has 10 heteroatoms. The third-order valence-corrected chi connectivity index (χ3v) is 3.87. The van der Waals surface area contributed by atoms with Crippen molar-refractivity contribution in [2.45, 2.75) is 33.1 Å². The van der Waals surface area contributed by atoms with Crippen LogP contribution in [0, 0.1) is 27.2 Å². The molecule has 2 aromatic carbocycles. The highest BCUT2D eigenvalue weighted by Crippen LogP contribution is 2.42. The van der Waals surface area contributed by atoms with Crippen molar-refractivity contribution >= 4 is 22.7 Å². The van der Waals surface area contributed by atoms with Crippen molar-refractivity contribution in [3.8, 4) is 11.5 Å². The molecule has 142 valence electrons. The number of benzene rings is 2. The number of rotatable bonds is 4. The Morgan fingerprint density at radius 2 is 1.44 bits per heavy atom. The lowest BCUT2D eigenvalue weighted by Crippen LogP contribution is -2.11. The summed E-state index contributed by atoms with van der Waals surface area (Å²) in [5.41, 5.74) is -0.677. The van der Waals surface area contributed by atoms with E-state index in [1.807, 2.05) is 20.8 Å². The molecule has 0 amide bonds. The quantitative estimate of drug-likeness (QED) is 0.439. The van der Waals surface area contributed by atoms with E-state index in [1.165, 1.54) is 0 Å². The van der Waals surface area contributed by atoms with Gasteiger partial charge in [-0.3, -0.25) is 20.2 Å². The van der Waals surface area contributed by atoms with Crippen molar-refractivity contribution < 1.29 is 20.1 Å². The number of hydrogen-bond acceptors (Lipinski definition) is 8. The molecule has 0 saturated carbocycles. The molecular formula is C17H18N4O6. The van der Waals surface area contributed by atoms with Gasteiger partial charge in [0.05, 0.1) is 15.9 Å². The zero-order valence-corrected chi connectivity index (χ0v) is 15.1. The van der Waals surface area contributed by atoms with Gasteiger partial charge in [0.2, 0.25) is 5.75 Å². The van der Waals surface area contributed by atoms with E-state index < -0.39 is 32.7 Å². The molecule has 10 nitrogen and oxygen atoms in total. The third-order valence-electron chi connectivity index (χ3n) is 3.87. The van der Waals surface area contributed by atoms with Crippen LogP contribution in [0.2, 0.25) is 0 Å². The molecule has 0 heterocycles. The Morgan fingerprint density at radius 1 is 0.889 bits per heavy atom. The number of phenols is 2. The van der Waals surface area contributed by atoms with Crippen molar-refractivity contribution in [3.63, 3.8) is 0 Å². The van der Waals surface area contributed by atoms with Crippen molar-refractivity contribution in [1.82, 2.24) is 0 Å². The van der Waals surface area contributed by atoms with Gasteiger partial charge in [0.25, 0.3) is 5.69 Å². The maximum atomic E-state index is 11.0. The zero-order chi connectivity index (χ0) is 20.5. The lowest BCUT2D eigenvalue weighted by atomic mass is 9.86. The van der Waals surface area contributed by atoms with Gasteiger partial charge < -0.3 is 10.2 Å². The molecule has 0 aliphatic heterocycles. The molecule has 27 heavy (non-hydrogen) atoms. The Kier molecular flexibility index (Phi) is 5.11. The van der Waals surface area contributed by atoms with Crippen LogP contribution in [0.3, 0.4) is 0 Å². The number of nitro benzene ring substituents is 2. The fourth-order valence-corrected chi connectivity index (χ4v) is 2.29. The van der Waals surface area contributed by atoms with Crippen LogP contribution in [0.4, 0.5) is 22.7 Å². The first-order chi connectivity index (χ1) is 12.4. The predicted octanol–water partition coefficient (Wildman–Crippen LogP) is 4.94. The zero-order valence-electron chi connectivity index (χ0n) is 15.1. The molecule has 0 bridgehead atoms. The SMILES string of the molecule is Cc1cc(C(C)(C)C)cc(N=Nc2cc([N+](=O)[O-])cc([N+](=O)[O-])c2O)c1O. The van der Waals surface area contributed by atoms with Gasteiger partial charge in [0.1, 0.15) is 17.1 Å². The summed E-state index contributed by atoms with van der Waals surface area (Å²) in [5.74, 6) is -0.997. The van der Waals surface area contributed by atoms with E-state index in [4.69, 9.17) is 0 Å². The van der Waals surface area contributed by atoms with Gasteiger partial charge in [0, 0.05) is 6.07 Å². The Hall–Kier alpha value is -3.56. The minimum Gasteiger partial charge on any atom is -0.505 e. The average Bonchev–Trinajstić information content (AvgIpc) is 2.55. The molecule has 2 rings (SSSR count). The van der Waals surface area contributed by atoms with Crippen LogP contribution >= 0.6 is 0 Å². The Balaban J connectivity index is 2.60. The molecule has 0 aromatic heterocycles. The maximum absolute atomic E-state index is 11.0. The molecule has 0 fully saturated rings. The van der Waals surface area contributed by atoms with Crippen LogP contribution in [0.5, 0.6) is 11.5 Å². The molecule has 0 aliphatic carbocycles. The predicted molar refractivity (Wildman–Crippen MR) is 97.1 cm³/mol. The number of nitrogens with zero attached hydrogens (tertiary/aromatic N) is 4. The second-order valence-corrected chi connectivity index (χ2v) is 6.96. The summed E-state index contributed by atoms with van der Waals surface area (Å²) in [6.45, 7) is 7.58. The Morgan fingerprint density at radius 3 is 1.93 bits per heavy atom. The van der Waals surface area contributed by atoms with Gasteiger partial charge in [-0.2, -0.15) is 0 Å². The summed E-state index contributed by atoms with van der Waals surface area (Å²) in [6.07, 6.45) is 0. The van der Waals surface area contributed by atoms with Crippen molar-refractivity contribution in [3.05, 3.63) is 55.6 Å². The summed E-state index contributed by atoms with van der Waals surface area (Å²) in [5, 5.41) is 49.6. The van der Waals surface area contributed by atoms with Crippen molar-refractivity contribution in [2.75, 3.05) is 0 Å². The number of non-ortho nitro benzene ring substituents is 1. The topological polar surface area (TPSA) is 151 Å². The number of aryl methyl sites for hydroxylation is 1. The number of aromatic hydroxyl groups is 2. The highest BCUT2D eigenvalue weighted by Gasteiger charge is 2.24. The van der Waals surface area contributed by atoms with E-state index in [1.54, 1.807) is 19.1 Å². The molecule has 2 N–H and O–H groups in total. The lowest BCUT2D eigenvalue weighted by Gasteiger charge is -2.20. The first-order valence-corrected chi connectivity index (χ1v) is 7.83. The standard InChI is InChI=1S/C17H18N4O6/c1-9-5-10(17(2,3)4)6-12(15(9)22)18-19-13-7-11(20(24)25)8-14(16(13)23)21(26)27/h5-8,22-23H,1-4H3. The van der Waals surface area contributed by atoms with Gasteiger partial charge >= 0.3 is 5.69 Å². The van der Waals surface area contributed by atoms with Gasteiger partial charge in [-0.25, -0.2) is 0 Å². The largest absolute Gasteiger partial charge is 0.505 e. The summed E-state index contributed by atoms with van der Waals surface area (Å²) in [4.78, 5) is 20.1. The van der Waals surface area contributed by atoms with Crippen LogP contribution in [-0.4, -0.2) is 20.1 Å². The summed E-state index contributed by atoms with van der Waals surface area (Å²) in [7, 11) is 0. The molecule has 0 spiro atoms. The monoisotopic (exact) mass is 374 g/mol. The number of azo groups is 1. The van der Waals surface area contributed by atoms with Gasteiger partial charge in [0.15, 0.2) is 0 Å². The van der Waals surface area contributed by atoms with E-state index in [2.05, 4.69) is 10.2 Å². The van der Waals surface area contributed by atoms with Crippen LogP contribution < -0.4 is 0 Å². The van der Waals surface area contributed by atoms with Crippen LogP contribution in [-0.2, 0) is 5.41 Å². The fourth-order valence-electron chi connectivity index (χ4n) is 2.29. The normalized spacial score (nSPS) is 11.7. The molecule has 0 unspecified atom stereocenters. The van der Waals surface area contributed by atoms with E-state index in [0.29, 0.717) is 11.6 Å². The van der Waals surface area contributed by atoms with Gasteiger partial charge in [-0.15, -0.1) is 10.2 Å². The lowest BCUT2D eigenvalue weighted by molar-refractivity contribution is -0.394. The molecule has 0 aliphatic rings. The second-order valence-electron chi connectivity index (χ2n) is 6.96. The Labute approximate surface area is 154 Å². The third kappa shape index (κ3) is 4.17. The van der Waals surface area contributed by atoms with E-state index >= 15 is 0 Å². The molecule has 2 aromatic rings. The molecule has 0 saturated heterocycles. The molecule has 0 atom stereocenters. The summed E-state index contributed by atoms with van der Waals surface area (Å²) < 4.78 is 0. The van der Waals surface area contributed by atoms with Gasteiger partial charge in [-0.1, -0.05) is 26.8 Å². The van der Waals surface area contributed by atoms with Crippen molar-refractivity contribution in [2.24, 2.45) is 10.2 Å². The van der Waals surface area contributed by atoms with Crippen LogP contribution in [0.25, 0.3) is 0 Å². The Bertz CT molecular complexity index is 963. The number of hydrogen-bond donors (Lipinski definition) is 2. The molecule has 0 radical (unpaired) electrons. The highest BCUT2D eigenvalue weighted by atomic mass is 16.6. The summed E-state index contributed by atoms with van der Waals surface area (Å²) >= 11 is 0. The fraction of sp³-hybridized carbons (Fsp3) is 0.294. The van der Waals surface area contributed by atoms with E-state index in [0.717, 1.165) is 11.6 Å². The summed E-state index contributed by atoms with van der Waals surface area (Å²) in [6, 6.07) is 4.89. The highest BCUT2D eigenvalue weighted by molar-refractivity contribution is 5.68. The average molecular weight is 374 g/mol. The number of phenolic OH excluding ortho intramolecular Hbond substituents is 2. The van der Waals surface area contributed by atoms with E-state index in [-0.39, 0.29) is 16.9 Å². The van der Waals surface area contributed by atoms with Crippen LogP contribution in [0.1, 0.15) is 31.9 Å². The number of nitro groups is 2. The minimum atomic E-state index is -0.955. The second kappa shape index (κ2) is 6.98. The van der Waals surface area contributed by atoms with E-state index in [9.17, 15) is 30.4 Å². The smallest absolute Gasteiger partial charge is 0.319 e. The maximum Gasteiger partial charge on any atom is 0.319 e. The van der Waals surface area contributed by atoms with Crippen LogP contribution in [0.15, 0.2) is 34.5 Å². The minimum absolute atomic E-state index is 0.0773. The van der Waals surface area contributed by atoms with Crippen molar-refractivity contribution in [1.29, 1.82) is 0 Å². The first-order valence-electron chi connectivity index (χ1n) is 7.83.